The Hall–Kier alpha value is -3.35. The molecule has 0 atom stereocenters. The summed E-state index contributed by atoms with van der Waals surface area (Å²) in [5.41, 5.74) is 2.02. The number of carbonyl (C=O) groups excluding carboxylic acids is 1. The predicted octanol–water partition coefficient (Wildman–Crippen LogP) is 4.80. The van der Waals surface area contributed by atoms with Gasteiger partial charge < -0.3 is 10.6 Å². The van der Waals surface area contributed by atoms with Crippen molar-refractivity contribution in [1.82, 2.24) is 4.98 Å². The van der Waals surface area contributed by atoms with E-state index in [0.717, 1.165) is 23.4 Å². The quantitative estimate of drug-likeness (QED) is 0.659. The van der Waals surface area contributed by atoms with Crippen LogP contribution in [0.5, 0.6) is 0 Å². The summed E-state index contributed by atoms with van der Waals surface area (Å²) in [6, 6.07) is 12.4. The van der Waals surface area contributed by atoms with Gasteiger partial charge in [-0.3, -0.25) is 9.78 Å². The molecule has 0 saturated carbocycles. The highest BCUT2D eigenvalue weighted by Crippen LogP contribution is 2.21. The molecule has 7 heteroatoms. The SMILES string of the molecule is Cc1cccc(Nc2ccnc(C(=O)Nc3ccc(F)c(F)c3F)c2)c1. The summed E-state index contributed by atoms with van der Waals surface area (Å²) in [5, 5.41) is 5.31. The lowest BCUT2D eigenvalue weighted by atomic mass is 10.2. The van der Waals surface area contributed by atoms with Crippen LogP contribution in [0.25, 0.3) is 0 Å². The van der Waals surface area contributed by atoms with E-state index in [-0.39, 0.29) is 5.69 Å². The Morgan fingerprint density at radius 2 is 1.73 bits per heavy atom. The highest BCUT2D eigenvalue weighted by Gasteiger charge is 2.16. The van der Waals surface area contributed by atoms with Crippen molar-refractivity contribution < 1.29 is 18.0 Å². The fraction of sp³-hybridized carbons (Fsp3) is 0.0526. The second kappa shape index (κ2) is 7.26. The van der Waals surface area contributed by atoms with Crippen LogP contribution in [-0.2, 0) is 0 Å². The molecular weight excluding hydrogens is 343 g/mol. The van der Waals surface area contributed by atoms with Gasteiger partial charge >= 0.3 is 0 Å². The summed E-state index contributed by atoms with van der Waals surface area (Å²) >= 11 is 0. The first-order chi connectivity index (χ1) is 12.4. The predicted molar refractivity (Wildman–Crippen MR) is 93.0 cm³/mol. The lowest BCUT2D eigenvalue weighted by Crippen LogP contribution is -2.15. The molecule has 2 N–H and O–H groups in total. The zero-order valence-corrected chi connectivity index (χ0v) is 13.7. The molecule has 132 valence electrons. The molecule has 3 rings (SSSR count). The number of carbonyl (C=O) groups is 1. The molecule has 0 aliphatic heterocycles. The minimum Gasteiger partial charge on any atom is -0.355 e. The van der Waals surface area contributed by atoms with E-state index in [1.54, 1.807) is 6.07 Å². The lowest BCUT2D eigenvalue weighted by molar-refractivity contribution is 0.102. The van der Waals surface area contributed by atoms with Crippen LogP contribution in [0, 0.1) is 24.4 Å². The van der Waals surface area contributed by atoms with Gasteiger partial charge in [-0.2, -0.15) is 0 Å². The third kappa shape index (κ3) is 3.83. The Morgan fingerprint density at radius 1 is 0.962 bits per heavy atom. The van der Waals surface area contributed by atoms with Gasteiger partial charge in [0.1, 0.15) is 5.69 Å². The number of nitrogens with zero attached hydrogens (tertiary/aromatic N) is 1. The number of anilines is 3. The largest absolute Gasteiger partial charge is 0.355 e. The maximum Gasteiger partial charge on any atom is 0.274 e. The number of hydrogen-bond acceptors (Lipinski definition) is 3. The Morgan fingerprint density at radius 3 is 2.50 bits per heavy atom. The number of aryl methyl sites for hydroxylation is 1. The van der Waals surface area contributed by atoms with Crippen LogP contribution in [-0.4, -0.2) is 10.9 Å². The van der Waals surface area contributed by atoms with E-state index < -0.39 is 29.0 Å². The first-order valence-corrected chi connectivity index (χ1v) is 7.68. The van der Waals surface area contributed by atoms with Gasteiger partial charge in [-0.25, -0.2) is 13.2 Å². The molecule has 2 aromatic carbocycles. The highest BCUT2D eigenvalue weighted by atomic mass is 19.2. The van der Waals surface area contributed by atoms with E-state index in [1.165, 1.54) is 12.3 Å². The number of halogens is 3. The number of amides is 1. The Balaban J connectivity index is 1.79. The molecule has 1 amide bonds. The molecule has 1 heterocycles. The molecule has 0 fully saturated rings. The fourth-order valence-corrected chi connectivity index (χ4v) is 2.33. The summed E-state index contributed by atoms with van der Waals surface area (Å²) < 4.78 is 39.9. The molecule has 0 aliphatic rings. The van der Waals surface area contributed by atoms with E-state index in [1.807, 2.05) is 31.2 Å². The molecule has 3 aromatic rings. The number of hydrogen-bond donors (Lipinski definition) is 2. The smallest absolute Gasteiger partial charge is 0.274 e. The summed E-state index contributed by atoms with van der Waals surface area (Å²) in [7, 11) is 0. The average Bonchev–Trinajstić information content (AvgIpc) is 2.62. The second-order valence-electron chi connectivity index (χ2n) is 5.60. The lowest BCUT2D eigenvalue weighted by Gasteiger charge is -2.10. The zero-order chi connectivity index (χ0) is 18.7. The van der Waals surface area contributed by atoms with Crippen molar-refractivity contribution in [3.05, 3.63) is 83.4 Å². The van der Waals surface area contributed by atoms with E-state index in [4.69, 9.17) is 0 Å². The van der Waals surface area contributed by atoms with Gasteiger partial charge in [-0.15, -0.1) is 0 Å². The molecule has 0 aliphatic carbocycles. The first kappa shape index (κ1) is 17.5. The molecule has 26 heavy (non-hydrogen) atoms. The minimum absolute atomic E-state index is 0.00761. The summed E-state index contributed by atoms with van der Waals surface area (Å²) in [6.07, 6.45) is 1.41. The standard InChI is InChI=1S/C19H14F3N3O/c1-11-3-2-4-12(9-11)24-13-7-8-23-16(10-13)19(26)25-15-6-5-14(20)17(21)18(15)22/h2-10H,1H3,(H,23,24)(H,25,26). The van der Waals surface area contributed by atoms with Gasteiger partial charge in [-0.1, -0.05) is 12.1 Å². The molecule has 0 saturated heterocycles. The van der Waals surface area contributed by atoms with Gasteiger partial charge in [0.2, 0.25) is 0 Å². The van der Waals surface area contributed by atoms with E-state index in [0.29, 0.717) is 5.69 Å². The second-order valence-corrected chi connectivity index (χ2v) is 5.60. The van der Waals surface area contributed by atoms with Gasteiger partial charge in [-0.05, 0) is 48.9 Å². The van der Waals surface area contributed by atoms with Gasteiger partial charge in [0.15, 0.2) is 17.5 Å². The van der Waals surface area contributed by atoms with Crippen LogP contribution in [0.4, 0.5) is 30.2 Å². The van der Waals surface area contributed by atoms with Crippen LogP contribution < -0.4 is 10.6 Å². The molecule has 0 radical (unpaired) electrons. The Labute approximate surface area is 147 Å². The maximum absolute atomic E-state index is 13.7. The van der Waals surface area contributed by atoms with Crippen LogP contribution in [0.2, 0.25) is 0 Å². The molecule has 0 spiro atoms. The molecule has 4 nitrogen and oxygen atoms in total. The Bertz CT molecular complexity index is 976. The number of nitrogens with one attached hydrogen (secondary N) is 2. The fourth-order valence-electron chi connectivity index (χ4n) is 2.33. The number of aromatic nitrogens is 1. The summed E-state index contributed by atoms with van der Waals surface area (Å²) in [4.78, 5) is 16.2. The monoisotopic (exact) mass is 357 g/mol. The van der Waals surface area contributed by atoms with Gasteiger partial charge in [0.05, 0.1) is 5.69 Å². The van der Waals surface area contributed by atoms with Crippen LogP contribution >= 0.6 is 0 Å². The minimum atomic E-state index is -1.65. The molecule has 0 bridgehead atoms. The molecular formula is C19H14F3N3O. The van der Waals surface area contributed by atoms with Crippen LogP contribution in [0.15, 0.2) is 54.7 Å². The number of rotatable bonds is 4. The topological polar surface area (TPSA) is 54.0 Å². The van der Waals surface area contributed by atoms with E-state index >= 15 is 0 Å². The first-order valence-electron chi connectivity index (χ1n) is 7.68. The third-order valence-electron chi connectivity index (χ3n) is 3.58. The maximum atomic E-state index is 13.7. The number of pyridine rings is 1. The molecule has 0 unspecified atom stereocenters. The van der Waals surface area contributed by atoms with Crippen LogP contribution in [0.1, 0.15) is 16.1 Å². The van der Waals surface area contributed by atoms with Crippen molar-refractivity contribution >= 4 is 23.0 Å². The van der Waals surface area contributed by atoms with Crippen molar-refractivity contribution in [2.45, 2.75) is 6.92 Å². The van der Waals surface area contributed by atoms with Crippen molar-refractivity contribution in [2.75, 3.05) is 10.6 Å². The van der Waals surface area contributed by atoms with E-state index in [9.17, 15) is 18.0 Å². The average molecular weight is 357 g/mol. The summed E-state index contributed by atoms with van der Waals surface area (Å²) in [6.45, 7) is 1.95. The van der Waals surface area contributed by atoms with E-state index in [2.05, 4.69) is 15.6 Å². The zero-order valence-electron chi connectivity index (χ0n) is 13.7. The molecule has 1 aromatic heterocycles. The van der Waals surface area contributed by atoms with Crippen molar-refractivity contribution in [1.29, 1.82) is 0 Å². The third-order valence-corrected chi connectivity index (χ3v) is 3.58. The normalized spacial score (nSPS) is 10.5. The van der Waals surface area contributed by atoms with Gasteiger partial charge in [0.25, 0.3) is 5.91 Å². The van der Waals surface area contributed by atoms with Crippen molar-refractivity contribution in [2.24, 2.45) is 0 Å². The van der Waals surface area contributed by atoms with Crippen molar-refractivity contribution in [3.8, 4) is 0 Å². The summed E-state index contributed by atoms with van der Waals surface area (Å²) in [5.74, 6) is -5.19. The van der Waals surface area contributed by atoms with Crippen LogP contribution in [0.3, 0.4) is 0 Å². The van der Waals surface area contributed by atoms with Gasteiger partial charge in [0, 0.05) is 17.6 Å². The highest BCUT2D eigenvalue weighted by molar-refractivity contribution is 6.03. The Kier molecular flexibility index (Phi) is 4.88. The number of benzene rings is 2. The van der Waals surface area contributed by atoms with Crippen molar-refractivity contribution in [3.63, 3.8) is 0 Å².